The monoisotopic (exact) mass is 248 g/mol. The number of hydrogen-bond donors (Lipinski definition) is 2. The van der Waals surface area contributed by atoms with Gasteiger partial charge in [-0.1, -0.05) is 19.3 Å². The van der Waals surface area contributed by atoms with E-state index in [0.717, 1.165) is 12.1 Å². The van der Waals surface area contributed by atoms with Crippen LogP contribution < -0.4 is 15.5 Å². The van der Waals surface area contributed by atoms with E-state index in [1.807, 2.05) is 0 Å². The molecule has 0 aliphatic heterocycles. The van der Waals surface area contributed by atoms with Gasteiger partial charge in [0.15, 0.2) is 5.52 Å². The van der Waals surface area contributed by atoms with Crippen molar-refractivity contribution in [2.75, 3.05) is 12.3 Å². The summed E-state index contributed by atoms with van der Waals surface area (Å²) in [5.41, 5.74) is 7.06. The van der Waals surface area contributed by atoms with Gasteiger partial charge in [-0.15, -0.1) is 0 Å². The van der Waals surface area contributed by atoms with E-state index in [4.69, 9.17) is 10.5 Å². The van der Waals surface area contributed by atoms with Gasteiger partial charge in [0.1, 0.15) is 0 Å². The fourth-order valence-corrected chi connectivity index (χ4v) is 2.52. The minimum absolute atomic E-state index is 0.327. The lowest BCUT2D eigenvalue weighted by Crippen LogP contribution is -2.21. The molecule has 1 saturated carbocycles. The first-order chi connectivity index (χ1) is 8.83. The average molecular weight is 248 g/mol. The highest BCUT2D eigenvalue weighted by atomic mass is 16.5. The van der Waals surface area contributed by atoms with Gasteiger partial charge in [0.05, 0.1) is 12.9 Å². The van der Waals surface area contributed by atoms with Gasteiger partial charge in [0, 0.05) is 0 Å². The first kappa shape index (κ1) is 11.3. The van der Waals surface area contributed by atoms with Crippen molar-refractivity contribution in [3.63, 3.8) is 0 Å². The molecule has 96 valence electrons. The molecular formula is C12H18N5O+. The Kier molecular flexibility index (Phi) is 3.00. The number of hydrogen-bond acceptors (Lipinski definition) is 4. The summed E-state index contributed by atoms with van der Waals surface area (Å²) >= 11 is 0. The molecule has 6 nitrogen and oxygen atoms in total. The van der Waals surface area contributed by atoms with E-state index in [1.165, 1.54) is 32.1 Å². The molecule has 18 heavy (non-hydrogen) atoms. The predicted octanol–water partition coefficient (Wildman–Crippen LogP) is 1.31. The van der Waals surface area contributed by atoms with Crippen molar-refractivity contribution in [1.82, 2.24) is 15.0 Å². The van der Waals surface area contributed by atoms with Gasteiger partial charge < -0.3 is 9.72 Å². The highest BCUT2D eigenvalue weighted by molar-refractivity contribution is 5.74. The van der Waals surface area contributed by atoms with Crippen molar-refractivity contribution in [2.24, 2.45) is 5.92 Å². The fourth-order valence-electron chi connectivity index (χ4n) is 2.52. The third kappa shape index (κ3) is 2.23. The maximum absolute atomic E-state index is 5.85. The first-order valence-electron chi connectivity index (χ1n) is 6.47. The minimum Gasteiger partial charge on any atom is -0.466 e. The van der Waals surface area contributed by atoms with Gasteiger partial charge in [0.2, 0.25) is 0 Å². The van der Waals surface area contributed by atoms with Gasteiger partial charge >= 0.3 is 5.95 Å². The van der Waals surface area contributed by atoms with Gasteiger partial charge in [-0.05, 0) is 23.7 Å². The molecule has 0 atom stereocenters. The van der Waals surface area contributed by atoms with E-state index in [-0.39, 0.29) is 0 Å². The summed E-state index contributed by atoms with van der Waals surface area (Å²) in [5.74, 6) is 1.62. The van der Waals surface area contributed by atoms with Gasteiger partial charge in [0.25, 0.3) is 11.5 Å². The van der Waals surface area contributed by atoms with E-state index in [9.17, 15) is 0 Å². The third-order valence-corrected chi connectivity index (χ3v) is 3.50. The zero-order valence-corrected chi connectivity index (χ0v) is 10.3. The van der Waals surface area contributed by atoms with E-state index >= 15 is 0 Å². The molecule has 0 unspecified atom stereocenters. The van der Waals surface area contributed by atoms with Crippen molar-refractivity contribution >= 4 is 17.1 Å². The molecule has 4 N–H and O–H groups in total. The van der Waals surface area contributed by atoms with Crippen LogP contribution in [0.5, 0.6) is 5.88 Å². The maximum Gasteiger partial charge on any atom is 0.392 e. The number of nitrogens with two attached hydrogens (primary N) is 1. The quantitative estimate of drug-likeness (QED) is 0.856. The lowest BCUT2D eigenvalue weighted by atomic mass is 9.90. The topological polar surface area (TPSA) is 91.0 Å². The first-order valence-corrected chi connectivity index (χ1v) is 6.47. The van der Waals surface area contributed by atoms with Gasteiger partial charge in [-0.2, -0.15) is 0 Å². The van der Waals surface area contributed by atoms with Crippen LogP contribution in [-0.4, -0.2) is 21.6 Å². The second kappa shape index (κ2) is 4.80. The second-order valence-corrected chi connectivity index (χ2v) is 4.87. The number of fused-ring (bicyclic) bond motifs is 1. The molecule has 0 radical (unpaired) electrons. The molecule has 0 aromatic carbocycles. The Hall–Kier alpha value is -1.85. The van der Waals surface area contributed by atoms with E-state index in [1.54, 1.807) is 6.33 Å². The van der Waals surface area contributed by atoms with Crippen LogP contribution in [-0.2, 0) is 0 Å². The molecule has 0 amide bonds. The van der Waals surface area contributed by atoms with Crippen LogP contribution in [0, 0.1) is 5.92 Å². The van der Waals surface area contributed by atoms with Crippen LogP contribution in [0.3, 0.4) is 0 Å². The number of nitrogens with zero attached hydrogens (tertiary/aromatic N) is 2. The van der Waals surface area contributed by atoms with Crippen LogP contribution in [0.1, 0.15) is 32.1 Å². The van der Waals surface area contributed by atoms with E-state index < -0.39 is 0 Å². The summed E-state index contributed by atoms with van der Waals surface area (Å²) in [4.78, 5) is 14.1. The SMILES string of the molecule is Nc1nc2nc[nH]c2c(OCC2CCCCC2)[nH+]1. The summed E-state index contributed by atoms with van der Waals surface area (Å²) in [6.07, 6.45) is 8.10. The largest absolute Gasteiger partial charge is 0.466 e. The maximum atomic E-state index is 5.85. The summed E-state index contributed by atoms with van der Waals surface area (Å²) in [6.45, 7) is 0.730. The van der Waals surface area contributed by atoms with Crippen molar-refractivity contribution in [1.29, 1.82) is 0 Å². The van der Waals surface area contributed by atoms with Crippen LogP contribution in [0.4, 0.5) is 5.95 Å². The third-order valence-electron chi connectivity index (χ3n) is 3.50. The molecule has 2 heterocycles. The Morgan fingerprint density at radius 3 is 3.06 bits per heavy atom. The number of aromatic amines is 2. The number of H-pyrrole nitrogens is 2. The van der Waals surface area contributed by atoms with E-state index in [0.29, 0.717) is 23.4 Å². The molecule has 2 aromatic heterocycles. The predicted molar refractivity (Wildman–Crippen MR) is 66.9 cm³/mol. The van der Waals surface area contributed by atoms with Crippen LogP contribution in [0.15, 0.2) is 6.33 Å². The van der Waals surface area contributed by atoms with Crippen molar-refractivity contribution in [2.45, 2.75) is 32.1 Å². The Morgan fingerprint density at radius 1 is 1.39 bits per heavy atom. The second-order valence-electron chi connectivity index (χ2n) is 4.87. The molecule has 6 heteroatoms. The molecular weight excluding hydrogens is 230 g/mol. The highest BCUT2D eigenvalue weighted by Crippen LogP contribution is 2.25. The lowest BCUT2D eigenvalue weighted by molar-refractivity contribution is -0.379. The molecule has 1 aliphatic rings. The highest BCUT2D eigenvalue weighted by Gasteiger charge is 2.18. The number of imidazole rings is 1. The fraction of sp³-hybridized carbons (Fsp3) is 0.583. The number of nitrogen functional groups attached to an aromatic ring is 1. The number of aromatic nitrogens is 4. The molecule has 3 rings (SSSR count). The molecule has 0 bridgehead atoms. The van der Waals surface area contributed by atoms with Crippen molar-refractivity contribution in [3.05, 3.63) is 6.33 Å². The zero-order chi connectivity index (χ0) is 12.4. The minimum atomic E-state index is 0.327. The zero-order valence-electron chi connectivity index (χ0n) is 10.3. The molecule has 0 saturated heterocycles. The molecule has 1 aliphatic carbocycles. The van der Waals surface area contributed by atoms with Crippen molar-refractivity contribution in [3.8, 4) is 5.88 Å². The molecule has 1 fully saturated rings. The Balaban J connectivity index is 1.75. The Bertz CT molecular complexity index is 532. The van der Waals surface area contributed by atoms with Gasteiger partial charge in [-0.3, -0.25) is 5.73 Å². The lowest BCUT2D eigenvalue weighted by Gasteiger charge is -2.20. The summed E-state index contributed by atoms with van der Waals surface area (Å²) in [5, 5.41) is 0. The standard InChI is InChI=1S/C12H17N5O/c13-12-16-10-9(14-7-15-10)11(17-12)18-6-8-4-2-1-3-5-8/h7-8H,1-6H2,(H3,13,14,15,16,17)/p+1. The Morgan fingerprint density at radius 2 is 2.22 bits per heavy atom. The van der Waals surface area contributed by atoms with Crippen LogP contribution in [0.25, 0.3) is 11.2 Å². The molecule has 2 aromatic rings. The number of rotatable bonds is 3. The van der Waals surface area contributed by atoms with Crippen LogP contribution in [0.2, 0.25) is 0 Å². The smallest absolute Gasteiger partial charge is 0.392 e. The number of ether oxygens (including phenoxy) is 1. The Labute approximate surface area is 105 Å². The number of anilines is 1. The van der Waals surface area contributed by atoms with Crippen LogP contribution >= 0.6 is 0 Å². The van der Waals surface area contributed by atoms with Gasteiger partial charge in [-0.25, -0.2) is 9.97 Å². The van der Waals surface area contributed by atoms with E-state index in [2.05, 4.69) is 19.9 Å². The normalized spacial score (nSPS) is 17.1. The number of nitrogens with one attached hydrogen (secondary N) is 2. The summed E-state index contributed by atoms with van der Waals surface area (Å²) < 4.78 is 5.85. The summed E-state index contributed by atoms with van der Waals surface area (Å²) in [7, 11) is 0. The summed E-state index contributed by atoms with van der Waals surface area (Å²) in [6, 6.07) is 0. The molecule has 0 spiro atoms. The average Bonchev–Trinajstić information content (AvgIpc) is 2.85. The van der Waals surface area contributed by atoms with Crippen molar-refractivity contribution < 1.29 is 9.72 Å².